The number of amides is 1. The third kappa shape index (κ3) is 3.12. The van der Waals surface area contributed by atoms with Gasteiger partial charge < -0.3 is 10.4 Å². The summed E-state index contributed by atoms with van der Waals surface area (Å²) < 4.78 is 0. The van der Waals surface area contributed by atoms with E-state index >= 15 is 0 Å². The molecule has 1 aromatic rings. The van der Waals surface area contributed by atoms with Crippen LogP contribution in [0.15, 0.2) is 16.9 Å². The SMILES string of the molecule is CCC(C)NC(=O)c1cc(O)[nH]c(=O)c1. The van der Waals surface area contributed by atoms with Crippen molar-refractivity contribution in [3.63, 3.8) is 0 Å². The third-order valence-electron chi connectivity index (χ3n) is 2.08. The van der Waals surface area contributed by atoms with Crippen molar-refractivity contribution >= 4 is 5.91 Å². The van der Waals surface area contributed by atoms with E-state index in [2.05, 4.69) is 10.3 Å². The number of H-pyrrole nitrogens is 1. The molecule has 0 aromatic carbocycles. The molecule has 0 saturated carbocycles. The van der Waals surface area contributed by atoms with E-state index in [1.54, 1.807) is 0 Å². The summed E-state index contributed by atoms with van der Waals surface area (Å²) in [6, 6.07) is 2.41. The molecule has 0 saturated heterocycles. The van der Waals surface area contributed by atoms with Crippen LogP contribution in [0.4, 0.5) is 0 Å². The van der Waals surface area contributed by atoms with E-state index in [1.807, 2.05) is 13.8 Å². The van der Waals surface area contributed by atoms with Crippen LogP contribution in [0.2, 0.25) is 0 Å². The summed E-state index contributed by atoms with van der Waals surface area (Å²) in [5.74, 6) is -0.664. The average Bonchev–Trinajstić information content (AvgIpc) is 2.16. The Bertz CT molecular complexity index is 411. The van der Waals surface area contributed by atoms with Crippen LogP contribution < -0.4 is 10.9 Å². The second-order valence-corrected chi connectivity index (χ2v) is 3.40. The number of rotatable bonds is 3. The molecule has 0 aliphatic rings. The van der Waals surface area contributed by atoms with Gasteiger partial charge in [0, 0.05) is 18.2 Å². The van der Waals surface area contributed by atoms with Crippen molar-refractivity contribution in [2.24, 2.45) is 0 Å². The topological polar surface area (TPSA) is 82.2 Å². The van der Waals surface area contributed by atoms with Gasteiger partial charge in [0.05, 0.1) is 5.56 Å². The molecule has 82 valence electrons. The van der Waals surface area contributed by atoms with Crippen molar-refractivity contribution in [2.45, 2.75) is 26.3 Å². The van der Waals surface area contributed by atoms with Gasteiger partial charge >= 0.3 is 0 Å². The third-order valence-corrected chi connectivity index (χ3v) is 2.08. The van der Waals surface area contributed by atoms with Gasteiger partial charge in [-0.2, -0.15) is 0 Å². The van der Waals surface area contributed by atoms with Gasteiger partial charge in [-0.25, -0.2) is 0 Å². The van der Waals surface area contributed by atoms with Crippen molar-refractivity contribution < 1.29 is 9.90 Å². The van der Waals surface area contributed by atoms with E-state index in [4.69, 9.17) is 5.11 Å². The minimum absolute atomic E-state index is 0.0407. The van der Waals surface area contributed by atoms with Crippen LogP contribution in [-0.4, -0.2) is 22.0 Å². The molecule has 1 unspecified atom stereocenters. The lowest BCUT2D eigenvalue weighted by Crippen LogP contribution is -2.32. The first-order valence-electron chi connectivity index (χ1n) is 4.77. The average molecular weight is 210 g/mol. The van der Waals surface area contributed by atoms with Crippen LogP contribution in [0.1, 0.15) is 30.6 Å². The van der Waals surface area contributed by atoms with Crippen LogP contribution >= 0.6 is 0 Å². The Morgan fingerprint density at radius 2 is 2.27 bits per heavy atom. The Kier molecular flexibility index (Phi) is 3.49. The highest BCUT2D eigenvalue weighted by molar-refractivity contribution is 5.94. The zero-order valence-corrected chi connectivity index (χ0v) is 8.70. The Hall–Kier alpha value is -1.78. The Morgan fingerprint density at radius 3 is 2.80 bits per heavy atom. The van der Waals surface area contributed by atoms with Gasteiger partial charge in [-0.1, -0.05) is 6.92 Å². The van der Waals surface area contributed by atoms with Gasteiger partial charge in [-0.3, -0.25) is 14.6 Å². The normalized spacial score (nSPS) is 12.1. The predicted octanol–water partition coefficient (Wildman–Crippen LogP) is 0.609. The fourth-order valence-corrected chi connectivity index (χ4v) is 1.07. The standard InChI is InChI=1S/C10H14N2O3/c1-3-6(2)11-10(15)7-4-8(13)12-9(14)5-7/h4-6H,3H2,1-2H3,(H,11,15)(H2,12,13,14). The summed E-state index contributed by atoms with van der Waals surface area (Å²) in [6.07, 6.45) is 0.806. The van der Waals surface area contributed by atoms with E-state index < -0.39 is 5.56 Å². The summed E-state index contributed by atoms with van der Waals surface area (Å²) >= 11 is 0. The summed E-state index contributed by atoms with van der Waals surface area (Å²) in [7, 11) is 0. The number of hydrogen-bond acceptors (Lipinski definition) is 3. The number of aromatic hydroxyl groups is 1. The van der Waals surface area contributed by atoms with Crippen molar-refractivity contribution in [3.05, 3.63) is 28.0 Å². The number of aromatic nitrogens is 1. The van der Waals surface area contributed by atoms with E-state index in [9.17, 15) is 9.59 Å². The molecule has 5 nitrogen and oxygen atoms in total. The molecule has 0 fully saturated rings. The highest BCUT2D eigenvalue weighted by Crippen LogP contribution is 2.04. The molecule has 1 atom stereocenters. The van der Waals surface area contributed by atoms with Crippen LogP contribution in [0.3, 0.4) is 0 Å². The van der Waals surface area contributed by atoms with Gasteiger partial charge in [0.25, 0.3) is 11.5 Å². The zero-order chi connectivity index (χ0) is 11.4. The second kappa shape index (κ2) is 4.63. The lowest BCUT2D eigenvalue weighted by atomic mass is 10.2. The second-order valence-electron chi connectivity index (χ2n) is 3.40. The summed E-state index contributed by atoms with van der Waals surface area (Å²) in [5, 5.41) is 11.8. The molecular weight excluding hydrogens is 196 g/mol. The predicted molar refractivity (Wildman–Crippen MR) is 55.9 cm³/mol. The van der Waals surface area contributed by atoms with Crippen LogP contribution in [-0.2, 0) is 0 Å². The fraction of sp³-hybridized carbons (Fsp3) is 0.400. The number of nitrogens with one attached hydrogen (secondary N) is 2. The number of pyridine rings is 1. The van der Waals surface area contributed by atoms with Crippen LogP contribution in [0.25, 0.3) is 0 Å². The molecule has 1 amide bonds. The Balaban J connectivity index is 2.87. The lowest BCUT2D eigenvalue weighted by Gasteiger charge is -2.10. The number of carbonyl (C=O) groups excluding carboxylic acids is 1. The maximum atomic E-state index is 11.5. The molecule has 0 bridgehead atoms. The van der Waals surface area contributed by atoms with Crippen LogP contribution in [0.5, 0.6) is 5.88 Å². The molecule has 3 N–H and O–H groups in total. The fourth-order valence-electron chi connectivity index (χ4n) is 1.07. The van der Waals surface area contributed by atoms with E-state index in [1.165, 1.54) is 6.07 Å². The number of carbonyl (C=O) groups is 1. The minimum Gasteiger partial charge on any atom is -0.494 e. The smallest absolute Gasteiger partial charge is 0.251 e. The number of hydrogen-bond donors (Lipinski definition) is 3. The van der Waals surface area contributed by atoms with Crippen molar-refractivity contribution in [3.8, 4) is 5.88 Å². The van der Waals surface area contributed by atoms with Crippen LogP contribution in [0, 0.1) is 0 Å². The van der Waals surface area contributed by atoms with Gasteiger partial charge in [0.2, 0.25) is 0 Å². The summed E-state index contributed by atoms with van der Waals surface area (Å²) in [6.45, 7) is 3.81. The van der Waals surface area contributed by atoms with E-state index in [0.717, 1.165) is 12.5 Å². The maximum Gasteiger partial charge on any atom is 0.251 e. The first-order valence-corrected chi connectivity index (χ1v) is 4.77. The van der Waals surface area contributed by atoms with Crippen molar-refractivity contribution in [2.75, 3.05) is 0 Å². The quantitative estimate of drug-likeness (QED) is 0.683. The first-order chi connectivity index (χ1) is 7.02. The summed E-state index contributed by atoms with van der Waals surface area (Å²) in [5.41, 5.74) is -0.333. The lowest BCUT2D eigenvalue weighted by molar-refractivity contribution is 0.0938. The molecule has 5 heteroatoms. The van der Waals surface area contributed by atoms with Gasteiger partial charge in [0.1, 0.15) is 0 Å². The molecule has 0 aliphatic carbocycles. The molecule has 1 aromatic heterocycles. The molecule has 1 heterocycles. The highest BCUT2D eigenvalue weighted by atomic mass is 16.3. The number of aromatic amines is 1. The van der Waals surface area contributed by atoms with Crippen molar-refractivity contribution in [1.29, 1.82) is 0 Å². The largest absolute Gasteiger partial charge is 0.494 e. The van der Waals surface area contributed by atoms with Gasteiger partial charge in [0.15, 0.2) is 5.88 Å². The molecule has 0 radical (unpaired) electrons. The Labute approximate surface area is 87.1 Å². The van der Waals surface area contributed by atoms with Gasteiger partial charge in [-0.15, -0.1) is 0 Å². The highest BCUT2D eigenvalue weighted by Gasteiger charge is 2.09. The maximum absolute atomic E-state index is 11.5. The molecule has 0 aliphatic heterocycles. The van der Waals surface area contributed by atoms with E-state index in [0.29, 0.717) is 0 Å². The zero-order valence-electron chi connectivity index (χ0n) is 8.70. The van der Waals surface area contributed by atoms with E-state index in [-0.39, 0.29) is 23.4 Å². The minimum atomic E-state index is -0.496. The molecule has 0 spiro atoms. The first kappa shape index (κ1) is 11.3. The van der Waals surface area contributed by atoms with Crippen molar-refractivity contribution in [1.82, 2.24) is 10.3 Å². The monoisotopic (exact) mass is 210 g/mol. The summed E-state index contributed by atoms with van der Waals surface area (Å²) in [4.78, 5) is 24.7. The molecular formula is C10H14N2O3. The molecule has 15 heavy (non-hydrogen) atoms. The van der Waals surface area contributed by atoms with Gasteiger partial charge in [-0.05, 0) is 13.3 Å². The molecule has 1 rings (SSSR count). The Morgan fingerprint density at radius 1 is 1.60 bits per heavy atom.